The van der Waals surface area contributed by atoms with Crippen LogP contribution in [0.15, 0.2) is 54.6 Å². The molecule has 2 aromatic carbocycles. The van der Waals surface area contributed by atoms with E-state index in [1.54, 1.807) is 4.68 Å². The first-order valence-electron chi connectivity index (χ1n) is 13.4. The fourth-order valence-electron chi connectivity index (χ4n) is 5.14. The molecule has 2 atom stereocenters. The van der Waals surface area contributed by atoms with Gasteiger partial charge in [0.05, 0.1) is 11.2 Å². The van der Waals surface area contributed by atoms with Gasteiger partial charge in [-0.3, -0.25) is 9.59 Å². The maximum atomic E-state index is 13.6. The number of nitrogens with zero attached hydrogens (tertiary/aromatic N) is 3. The highest BCUT2D eigenvalue weighted by molar-refractivity contribution is 5.97. The topological polar surface area (TPSA) is 99.5 Å². The first-order chi connectivity index (χ1) is 18.8. The molecule has 0 saturated carbocycles. The quantitative estimate of drug-likeness (QED) is 0.409. The third-order valence-corrected chi connectivity index (χ3v) is 7.45. The van der Waals surface area contributed by atoms with Gasteiger partial charge in [-0.25, -0.2) is 13.5 Å². The molecule has 0 radical (unpaired) electrons. The largest absolute Gasteiger partial charge is 0.378 e. The van der Waals surface area contributed by atoms with Crippen molar-refractivity contribution in [1.29, 1.82) is 0 Å². The van der Waals surface area contributed by atoms with Crippen molar-refractivity contribution in [3.05, 3.63) is 83.1 Å². The van der Waals surface area contributed by atoms with E-state index in [1.165, 1.54) is 12.5 Å². The van der Waals surface area contributed by atoms with Crippen molar-refractivity contribution in [3.63, 3.8) is 0 Å². The number of likely N-dealkylation sites (tertiary alicyclic amines) is 1. The predicted octanol–water partition coefficient (Wildman–Crippen LogP) is 4.10. The lowest BCUT2D eigenvalue weighted by Crippen LogP contribution is -2.44. The Hall–Kier alpha value is -3.63. The van der Waals surface area contributed by atoms with Gasteiger partial charge in [-0.2, -0.15) is 5.10 Å². The molecule has 1 aromatic heterocycles. The zero-order valence-corrected chi connectivity index (χ0v) is 23.5. The fourth-order valence-corrected chi connectivity index (χ4v) is 5.14. The Labute approximate surface area is 233 Å². The molecule has 2 amide bonds. The Morgan fingerprint density at radius 3 is 2.17 bits per heavy atom. The average Bonchev–Trinajstić information content (AvgIpc) is 3.33. The van der Waals surface area contributed by atoms with Gasteiger partial charge in [0.2, 0.25) is 5.91 Å². The zero-order valence-electron chi connectivity index (χ0n) is 23.5. The number of nitrogens with one attached hydrogen (secondary N) is 2. The molecule has 10 heteroatoms. The van der Waals surface area contributed by atoms with Gasteiger partial charge < -0.3 is 20.6 Å². The summed E-state index contributed by atoms with van der Waals surface area (Å²) >= 11 is 0. The number of benzene rings is 2. The van der Waals surface area contributed by atoms with Gasteiger partial charge in [0.15, 0.2) is 6.10 Å². The Bertz CT molecular complexity index is 1340. The van der Waals surface area contributed by atoms with Gasteiger partial charge >= 0.3 is 0 Å². The molecule has 0 bridgehead atoms. The average molecular weight is 554 g/mol. The highest BCUT2D eigenvalue weighted by Crippen LogP contribution is 2.42. The summed E-state index contributed by atoms with van der Waals surface area (Å²) < 4.78 is 28.9. The molecule has 214 valence electrons. The highest BCUT2D eigenvalue weighted by Gasteiger charge is 2.40. The van der Waals surface area contributed by atoms with Crippen molar-refractivity contribution in [3.8, 4) is 0 Å². The number of hydrogen-bond acceptors (Lipinski definition) is 5. The van der Waals surface area contributed by atoms with Crippen LogP contribution in [0.2, 0.25) is 0 Å². The summed E-state index contributed by atoms with van der Waals surface area (Å²) in [5, 5.41) is 20.7. The van der Waals surface area contributed by atoms with E-state index >= 15 is 0 Å². The molecule has 4 rings (SSSR count). The molecule has 1 aliphatic heterocycles. The summed E-state index contributed by atoms with van der Waals surface area (Å²) in [5.41, 5.74) is 0.991. The van der Waals surface area contributed by atoms with E-state index in [2.05, 4.69) is 34.7 Å². The maximum Gasteiger partial charge on any atom is 0.254 e. The molecule has 1 fully saturated rings. The van der Waals surface area contributed by atoms with E-state index in [0.29, 0.717) is 11.9 Å². The molecule has 40 heavy (non-hydrogen) atoms. The number of rotatable bonds is 7. The number of carbonyl (C=O) groups is 2. The number of carbonyl (C=O) groups excluding carboxylic acids is 2. The monoisotopic (exact) mass is 553 g/mol. The Morgan fingerprint density at radius 1 is 1.00 bits per heavy atom. The summed E-state index contributed by atoms with van der Waals surface area (Å²) in [7, 11) is 2.10. The number of piperidine rings is 1. The van der Waals surface area contributed by atoms with Crippen molar-refractivity contribution < 1.29 is 23.5 Å². The molecule has 8 nitrogen and oxygen atoms in total. The van der Waals surface area contributed by atoms with Crippen LogP contribution >= 0.6 is 0 Å². The standard InChI is InChI=1S/C30H37F2N5O3/c1-19(33-28(40)26(38)20-15-22(31)17-23(32)16-20)27(39)34-25-18-24(35-37(25)29(2,3)4)30(11-13-36(5)14-12-30)21-9-7-6-8-10-21/h6-10,15-19,26,38H,11-14H2,1-5H3,(H,33,40)(H,34,39)/t19-,26-/m0/s1. The van der Waals surface area contributed by atoms with Crippen molar-refractivity contribution >= 4 is 17.6 Å². The molecule has 1 aliphatic rings. The molecule has 2 heterocycles. The van der Waals surface area contributed by atoms with Gasteiger partial charge in [-0.1, -0.05) is 30.3 Å². The molecular weight excluding hydrogens is 516 g/mol. The Kier molecular flexibility index (Phi) is 8.41. The molecule has 0 spiro atoms. The highest BCUT2D eigenvalue weighted by atomic mass is 19.1. The number of amides is 2. The Morgan fingerprint density at radius 2 is 1.60 bits per heavy atom. The zero-order chi connectivity index (χ0) is 29.2. The van der Waals surface area contributed by atoms with E-state index in [1.807, 2.05) is 45.0 Å². The van der Waals surface area contributed by atoms with Gasteiger partial charge in [-0.05, 0) is 83.9 Å². The van der Waals surface area contributed by atoms with Crippen LogP contribution in [0, 0.1) is 11.6 Å². The lowest BCUT2D eigenvalue weighted by atomic mass is 9.70. The van der Waals surface area contributed by atoms with Crippen LogP contribution in [-0.2, 0) is 20.5 Å². The summed E-state index contributed by atoms with van der Waals surface area (Å²) in [5.74, 6) is -2.84. The normalized spacial score (nSPS) is 17.2. The minimum atomic E-state index is -1.85. The maximum absolute atomic E-state index is 13.6. The third-order valence-electron chi connectivity index (χ3n) is 7.45. The summed E-state index contributed by atoms with van der Waals surface area (Å²) in [6.07, 6.45) is -0.109. The van der Waals surface area contributed by atoms with E-state index in [9.17, 15) is 23.5 Å². The number of aliphatic hydroxyl groups excluding tert-OH is 1. The number of anilines is 1. The van der Waals surface area contributed by atoms with Crippen molar-refractivity contribution in [2.75, 3.05) is 25.5 Å². The Balaban J connectivity index is 1.58. The van der Waals surface area contributed by atoms with E-state index in [-0.39, 0.29) is 11.0 Å². The molecule has 0 aliphatic carbocycles. The van der Waals surface area contributed by atoms with E-state index < -0.39 is 41.1 Å². The molecule has 0 unspecified atom stereocenters. The van der Waals surface area contributed by atoms with Crippen LogP contribution in [0.25, 0.3) is 0 Å². The van der Waals surface area contributed by atoms with Crippen LogP contribution in [0.1, 0.15) is 63.5 Å². The van der Waals surface area contributed by atoms with Gasteiger partial charge in [-0.15, -0.1) is 0 Å². The third kappa shape index (κ3) is 6.23. The van der Waals surface area contributed by atoms with Crippen LogP contribution in [-0.4, -0.2) is 57.8 Å². The number of aliphatic hydroxyl groups is 1. The predicted molar refractivity (Wildman–Crippen MR) is 149 cm³/mol. The van der Waals surface area contributed by atoms with E-state index in [0.717, 1.165) is 43.8 Å². The number of aromatic nitrogens is 2. The minimum absolute atomic E-state index is 0.248. The molecule has 3 aromatic rings. The second-order valence-electron chi connectivity index (χ2n) is 11.6. The smallest absolute Gasteiger partial charge is 0.254 e. The van der Waals surface area contributed by atoms with Crippen LogP contribution in [0.5, 0.6) is 0 Å². The van der Waals surface area contributed by atoms with Crippen molar-refractivity contribution in [2.45, 2.75) is 63.6 Å². The number of hydrogen-bond donors (Lipinski definition) is 3. The van der Waals surface area contributed by atoms with Crippen molar-refractivity contribution in [1.82, 2.24) is 20.0 Å². The van der Waals surface area contributed by atoms with Crippen LogP contribution in [0.3, 0.4) is 0 Å². The fraction of sp³-hybridized carbons (Fsp3) is 0.433. The summed E-state index contributed by atoms with van der Waals surface area (Å²) in [4.78, 5) is 28.1. The van der Waals surface area contributed by atoms with Crippen molar-refractivity contribution in [2.24, 2.45) is 0 Å². The lowest BCUT2D eigenvalue weighted by molar-refractivity contribution is -0.132. The van der Waals surface area contributed by atoms with Gasteiger partial charge in [0, 0.05) is 17.5 Å². The first kappa shape index (κ1) is 29.4. The minimum Gasteiger partial charge on any atom is -0.378 e. The first-order valence-corrected chi connectivity index (χ1v) is 13.4. The molecule has 1 saturated heterocycles. The molecular formula is C30H37F2N5O3. The lowest BCUT2D eigenvalue weighted by Gasteiger charge is -2.40. The second-order valence-corrected chi connectivity index (χ2v) is 11.6. The van der Waals surface area contributed by atoms with Crippen LogP contribution in [0.4, 0.5) is 14.6 Å². The second kappa shape index (κ2) is 11.5. The van der Waals surface area contributed by atoms with Gasteiger partial charge in [0.25, 0.3) is 5.91 Å². The van der Waals surface area contributed by atoms with Gasteiger partial charge in [0.1, 0.15) is 23.5 Å². The SMILES string of the molecule is C[C@H](NC(=O)[C@@H](O)c1cc(F)cc(F)c1)C(=O)Nc1cc(C2(c3ccccc3)CCN(C)CC2)nn1C(C)(C)C. The summed E-state index contributed by atoms with van der Waals surface area (Å²) in [6.45, 7) is 9.24. The van der Waals surface area contributed by atoms with E-state index in [4.69, 9.17) is 5.10 Å². The number of halogens is 2. The van der Waals surface area contributed by atoms with Crippen LogP contribution < -0.4 is 10.6 Å². The molecule has 3 N–H and O–H groups in total. The summed E-state index contributed by atoms with van der Waals surface area (Å²) in [6, 6.07) is 13.5.